The Morgan fingerprint density at radius 1 is 0.409 bits per heavy atom. The Morgan fingerprint density at radius 3 is 1.01 bits per heavy atom. The van der Waals surface area contributed by atoms with Gasteiger partial charge in [-0.05, 0) is 237 Å². The van der Waals surface area contributed by atoms with Gasteiger partial charge in [-0.1, -0.05) is 53.1 Å². The smallest absolute Gasteiger partial charge is 0.312 e. The molecule has 0 aromatic heterocycles. The van der Waals surface area contributed by atoms with Crippen LogP contribution in [0.15, 0.2) is 175 Å². The second-order valence-corrected chi connectivity index (χ2v) is 38.8. The van der Waals surface area contributed by atoms with E-state index in [2.05, 4.69) is 20.0 Å². The van der Waals surface area contributed by atoms with Crippen molar-refractivity contribution in [2.45, 2.75) is 225 Å². The predicted molar refractivity (Wildman–Crippen MR) is 505 cm³/mol. The van der Waals surface area contributed by atoms with Gasteiger partial charge < -0.3 is 56.5 Å². The molecule has 10 rings (SSSR count). The number of benzene rings is 6. The second kappa shape index (κ2) is 47.6. The topological polar surface area (TPSA) is 470 Å². The van der Waals surface area contributed by atoms with Gasteiger partial charge in [-0.2, -0.15) is 0 Å². The highest BCUT2D eigenvalue weighted by atomic mass is 35.5. The van der Waals surface area contributed by atoms with Crippen molar-refractivity contribution in [3.05, 3.63) is 269 Å². The standard InChI is InChI=1S/C23H30FNO4S.C17H19FN2O4S.C17H21FN2O2S.C12H17FN2O4.C11H10FN3O2S.C10H13FN2O3.ClH/c1-21(2,3)28-19(26)13-15-8-9-17(24)16(12-15)23(7)10-11-30-18(25-23)14-20(27)29-22(4,5)6;1-16(2,3)24-15(21)10-14-19-17(4,7-8-25-14)12-9-11(20(22)23)5-6-13(12)18;1-16(2,3)22-15(21)10-14-20-17(4,7-8-23-14)12-9-11(19)5-6-13(12)18;1-12(14,7-11(18-2)19-3)9-6-8(15(16)17)4-5-10(9)13;1-11(4-5-18-10(13)14-11)8-6-7(15(16)17)2-3-9(8)12;1-10(12,4-5-14)8-6-7(13(15)16)2-3-9(8)11;/h8-12H,13-14H2,1-7H3;5-9H,10H2,1-4H3;5-9H,10,19H2,1-4H3;4-6,11H,7,14H2,1-3H3;2-6H,1H3,(H2,13,14);2-3,6,14H,4-5,12H2,1H3;1H/t23-;2*17-;12-;11-;10-;/m000000./s1. The van der Waals surface area contributed by atoms with Crippen molar-refractivity contribution in [3.8, 4) is 0 Å². The Morgan fingerprint density at radius 2 is 0.689 bits per heavy atom. The molecule has 31 nitrogen and oxygen atoms in total. The highest BCUT2D eigenvalue weighted by Crippen LogP contribution is 2.42. The predicted octanol–water partition coefficient (Wildman–Crippen LogP) is 19.8. The molecular formula is C90H111ClF6N12O19S4. The van der Waals surface area contributed by atoms with Crippen LogP contribution in [0.5, 0.6) is 0 Å². The quantitative estimate of drug-likeness (QED) is 0.00714. The molecule has 0 spiro atoms. The normalized spacial score (nSPS) is 18.8. The maximum atomic E-state index is 14.7. The summed E-state index contributed by atoms with van der Waals surface area (Å²) in [7, 11) is 2.88. The maximum absolute atomic E-state index is 14.7. The van der Waals surface area contributed by atoms with E-state index in [4.69, 9.17) is 56.5 Å². The highest BCUT2D eigenvalue weighted by molar-refractivity contribution is 8.17. The van der Waals surface area contributed by atoms with Crippen LogP contribution in [0.4, 0.5) is 54.8 Å². The van der Waals surface area contributed by atoms with Crippen LogP contribution in [-0.2, 0) is 87.3 Å². The number of aliphatic hydroxyl groups is 1. The fourth-order valence-corrected chi connectivity index (χ4v) is 15.9. The molecule has 718 valence electrons. The van der Waals surface area contributed by atoms with Crippen molar-refractivity contribution in [1.29, 1.82) is 0 Å². The molecule has 0 fully saturated rings. The van der Waals surface area contributed by atoms with Crippen molar-refractivity contribution < 1.29 is 98.7 Å². The number of halogens is 7. The molecule has 9 N–H and O–H groups in total. The maximum Gasteiger partial charge on any atom is 0.312 e. The summed E-state index contributed by atoms with van der Waals surface area (Å²) in [4.78, 5) is 107. The van der Waals surface area contributed by atoms with Gasteiger partial charge in [0.2, 0.25) is 0 Å². The van der Waals surface area contributed by atoms with Gasteiger partial charge in [0.05, 0.1) is 60.5 Å². The molecule has 4 heterocycles. The van der Waals surface area contributed by atoms with Gasteiger partial charge in [0.15, 0.2) is 11.5 Å². The lowest BCUT2D eigenvalue weighted by Gasteiger charge is -2.28. The van der Waals surface area contributed by atoms with E-state index in [1.165, 1.54) is 98.5 Å². The Labute approximate surface area is 784 Å². The zero-order valence-electron chi connectivity index (χ0n) is 76.5. The van der Waals surface area contributed by atoms with Crippen LogP contribution in [-0.4, -0.2) is 118 Å². The summed E-state index contributed by atoms with van der Waals surface area (Å²) in [5.41, 5.74) is 15.9. The van der Waals surface area contributed by atoms with Gasteiger partial charge >= 0.3 is 23.9 Å². The van der Waals surface area contributed by atoms with Crippen LogP contribution in [0.1, 0.15) is 196 Å². The number of aliphatic imine (C=N–C) groups is 4. The number of ether oxygens (including phenoxy) is 6. The molecule has 4 aliphatic rings. The number of thioether (sulfide) groups is 4. The number of rotatable bonds is 24. The fraction of sp³-hybridized carbons (Fsp3) is 0.422. The van der Waals surface area contributed by atoms with Crippen molar-refractivity contribution in [2.75, 3.05) is 26.6 Å². The number of hydrogen-bond donors (Lipinski definition) is 5. The molecule has 0 amide bonds. The molecule has 0 radical (unpaired) electrons. The van der Waals surface area contributed by atoms with Gasteiger partial charge in [0, 0.05) is 126 Å². The lowest BCUT2D eigenvalue weighted by molar-refractivity contribution is -0.385. The van der Waals surface area contributed by atoms with E-state index < -0.39 is 117 Å². The van der Waals surface area contributed by atoms with Crippen LogP contribution in [0, 0.1) is 75.4 Å². The van der Waals surface area contributed by atoms with E-state index >= 15 is 0 Å². The minimum atomic E-state index is -1.15. The number of nitro groups is 4. The summed E-state index contributed by atoms with van der Waals surface area (Å²) in [6.07, 6.45) is 6.64. The van der Waals surface area contributed by atoms with Crippen LogP contribution in [0.3, 0.4) is 0 Å². The Hall–Kier alpha value is -10.9. The Balaban J connectivity index is 0.000000335. The molecule has 6 aromatic rings. The number of esters is 4. The number of carbonyl (C=O) groups excluding carboxylic acids is 4. The molecule has 6 aromatic carbocycles. The number of anilines is 1. The first-order valence-corrected chi connectivity index (χ1v) is 43.6. The molecule has 0 saturated heterocycles. The highest BCUT2D eigenvalue weighted by Gasteiger charge is 2.38. The lowest BCUT2D eigenvalue weighted by Crippen LogP contribution is -2.39. The average Bonchev–Trinajstić information content (AvgIpc) is 0.793. The minimum absolute atomic E-state index is 0. The summed E-state index contributed by atoms with van der Waals surface area (Å²) >= 11 is 5.12. The molecule has 0 aliphatic carbocycles. The van der Waals surface area contributed by atoms with E-state index in [0.717, 1.165) is 60.7 Å². The minimum Gasteiger partial charge on any atom is -0.460 e. The molecular weight excluding hydrogens is 1830 g/mol. The number of methoxy groups -OCH3 is 2. The van der Waals surface area contributed by atoms with Crippen LogP contribution in [0.2, 0.25) is 0 Å². The third-order valence-electron chi connectivity index (χ3n) is 18.5. The summed E-state index contributed by atoms with van der Waals surface area (Å²) < 4.78 is 116. The summed E-state index contributed by atoms with van der Waals surface area (Å²) in [5, 5.41) is 60.6. The molecule has 0 bridgehead atoms. The van der Waals surface area contributed by atoms with Gasteiger partial charge in [-0.15, -0.1) is 12.4 Å². The largest absolute Gasteiger partial charge is 0.460 e. The first-order chi connectivity index (χ1) is 60.4. The number of amidine groups is 1. The Bertz CT molecular complexity index is 5460. The summed E-state index contributed by atoms with van der Waals surface area (Å²) in [6, 6.07) is 22.1. The Kier molecular flexibility index (Phi) is 40.9. The number of non-ortho nitro benzene ring substituents is 4. The lowest BCUT2D eigenvalue weighted by atomic mass is 9.88. The zero-order valence-corrected chi connectivity index (χ0v) is 80.6. The third-order valence-corrected chi connectivity index (χ3v) is 21.5. The monoisotopic (exact) mass is 1940 g/mol. The van der Waals surface area contributed by atoms with Crippen molar-refractivity contribution in [2.24, 2.45) is 37.2 Å². The van der Waals surface area contributed by atoms with E-state index in [1.54, 1.807) is 156 Å². The van der Waals surface area contributed by atoms with E-state index in [-0.39, 0.29) is 126 Å². The number of aliphatic hydroxyl groups excluding tert-OH is 1. The summed E-state index contributed by atoms with van der Waals surface area (Å²) in [6.45, 7) is 31.3. The SMILES string of the molecule is CC(C)(C)OC(=O)CC1=N[C@](C)(c2cc(CC(=O)OC(C)(C)C)ccc2F)C=CS1.CC(C)(C)OC(=O)CC1=N[C@](C)(c2cc(N)ccc2F)C=CS1.CC(C)(C)OC(=O)CC1=N[C@](C)(c2cc([N+](=O)[O-])ccc2F)C=CS1.COC(C[C@](C)(N)c1cc([N+](=O)[O-])ccc1F)OC.C[C@@]1(c2cc([N+](=O)[O-])ccc2F)C=CSC(N)=N1.C[C@](N)(CCO)c1cc([N+](=O)[O-])ccc1F.Cl. The van der Waals surface area contributed by atoms with Crippen LogP contribution in [0.25, 0.3) is 0 Å². The van der Waals surface area contributed by atoms with Crippen LogP contribution < -0.4 is 22.9 Å². The second-order valence-electron chi connectivity index (χ2n) is 34.9. The van der Waals surface area contributed by atoms with Gasteiger partial charge in [-0.25, -0.2) is 31.3 Å². The number of carbonyl (C=O) groups is 4. The van der Waals surface area contributed by atoms with Crippen molar-refractivity contribution in [1.82, 2.24) is 0 Å². The van der Waals surface area contributed by atoms with E-state index in [1.807, 2.05) is 26.2 Å². The number of nitrogens with zero attached hydrogens (tertiary/aromatic N) is 8. The number of hydrogen-bond acceptors (Lipinski definition) is 31. The first kappa shape index (κ1) is 113. The van der Waals surface area contributed by atoms with E-state index in [9.17, 15) is 86.0 Å². The van der Waals surface area contributed by atoms with Crippen LogP contribution >= 0.6 is 59.5 Å². The fourth-order valence-electron chi connectivity index (χ4n) is 12.4. The molecule has 42 heteroatoms. The number of nitrogens with two attached hydrogens (primary N) is 4. The first-order valence-electron chi connectivity index (χ1n) is 40.1. The van der Waals surface area contributed by atoms with Gasteiger partial charge in [-0.3, -0.25) is 74.6 Å². The van der Waals surface area contributed by atoms with Crippen molar-refractivity contribution in [3.63, 3.8) is 0 Å². The van der Waals surface area contributed by atoms with Gasteiger partial charge in [0.1, 0.15) is 79.5 Å². The average molecular weight is 1940 g/mol. The third kappa shape index (κ3) is 35.6. The van der Waals surface area contributed by atoms with E-state index in [0.29, 0.717) is 42.7 Å². The van der Waals surface area contributed by atoms with Gasteiger partial charge in [0.25, 0.3) is 22.7 Å². The number of nitrogen functional groups attached to an aromatic ring is 1. The molecule has 0 unspecified atom stereocenters. The molecule has 6 atom stereocenters. The molecule has 132 heavy (non-hydrogen) atoms. The number of nitro benzene ring substituents is 4. The van der Waals surface area contributed by atoms with Crippen molar-refractivity contribution >= 4 is 132 Å². The molecule has 4 aliphatic heterocycles. The molecule has 0 saturated carbocycles. The zero-order chi connectivity index (χ0) is 99.1. The summed E-state index contributed by atoms with van der Waals surface area (Å²) in [5.74, 6) is -4.70.